The Morgan fingerprint density at radius 3 is 3.06 bits per heavy atom. The van der Waals surface area contributed by atoms with Crippen LogP contribution in [0.1, 0.15) is 42.9 Å². The third-order valence-electron chi connectivity index (χ3n) is 6.03. The van der Waals surface area contributed by atoms with Gasteiger partial charge in [0.2, 0.25) is 0 Å². The second kappa shape index (κ2) is 10.8. The fourth-order valence-corrected chi connectivity index (χ4v) is 4.64. The van der Waals surface area contributed by atoms with E-state index < -0.39 is 0 Å². The molecule has 2 unspecified atom stereocenters. The highest BCUT2D eigenvalue weighted by Crippen LogP contribution is 2.31. The largest absolute Gasteiger partial charge is 0.363 e. The molecule has 2 aliphatic rings. The molecule has 3 atom stereocenters. The Bertz CT molecular complexity index is 1020. The van der Waals surface area contributed by atoms with Gasteiger partial charge in [-0.25, -0.2) is 14.4 Å². The van der Waals surface area contributed by atoms with E-state index in [-0.39, 0.29) is 11.9 Å². The maximum atomic E-state index is 13.4. The summed E-state index contributed by atoms with van der Waals surface area (Å²) in [6, 6.07) is 8.45. The third-order valence-corrected chi connectivity index (χ3v) is 6.34. The summed E-state index contributed by atoms with van der Waals surface area (Å²) < 4.78 is 13.4. The Hall–Kier alpha value is -2.57. The van der Waals surface area contributed by atoms with E-state index in [1.807, 2.05) is 25.3 Å². The van der Waals surface area contributed by atoms with Gasteiger partial charge < -0.3 is 10.6 Å². The molecule has 1 aromatic heterocycles. The molecular weight excluding hydrogens is 425 g/mol. The number of benzene rings is 1. The van der Waals surface area contributed by atoms with E-state index in [1.54, 1.807) is 12.3 Å². The van der Waals surface area contributed by atoms with Crippen LogP contribution in [0, 0.1) is 17.7 Å². The number of nitrogens with one attached hydrogen (secondary N) is 2. The quantitative estimate of drug-likeness (QED) is 0.551. The van der Waals surface area contributed by atoms with Crippen molar-refractivity contribution in [2.45, 2.75) is 38.3 Å². The molecule has 1 aliphatic carbocycles. The zero-order valence-electron chi connectivity index (χ0n) is 18.3. The second-order valence-electron chi connectivity index (χ2n) is 8.51. The molecule has 1 aromatic carbocycles. The fourth-order valence-electron chi connectivity index (χ4n) is 4.40. The highest BCUT2D eigenvalue weighted by Gasteiger charge is 2.23. The average molecular weight is 454 g/mol. The molecule has 0 radical (unpaired) electrons. The molecule has 168 valence electrons. The van der Waals surface area contributed by atoms with E-state index in [9.17, 15) is 4.39 Å². The van der Waals surface area contributed by atoms with Gasteiger partial charge in [-0.05, 0) is 86.5 Å². The molecule has 2 heterocycles. The summed E-state index contributed by atoms with van der Waals surface area (Å²) in [7, 11) is 2.01. The number of amidine groups is 1. The first-order valence-electron chi connectivity index (χ1n) is 11.2. The van der Waals surface area contributed by atoms with Crippen LogP contribution in [0.4, 0.5) is 10.2 Å². The van der Waals surface area contributed by atoms with Gasteiger partial charge in [-0.1, -0.05) is 29.8 Å². The van der Waals surface area contributed by atoms with Gasteiger partial charge in [0, 0.05) is 12.4 Å². The van der Waals surface area contributed by atoms with Crippen LogP contribution in [0.5, 0.6) is 0 Å². The summed E-state index contributed by atoms with van der Waals surface area (Å²) >= 11 is 6.48. The van der Waals surface area contributed by atoms with Crippen LogP contribution in [0.15, 0.2) is 58.7 Å². The highest BCUT2D eigenvalue weighted by atomic mass is 35.5. The summed E-state index contributed by atoms with van der Waals surface area (Å²) in [5.74, 6) is 2.42. The highest BCUT2D eigenvalue weighted by molar-refractivity contribution is 6.31. The maximum Gasteiger partial charge on any atom is 0.151 e. The number of pyridine rings is 1. The van der Waals surface area contributed by atoms with Crippen LogP contribution in [-0.4, -0.2) is 30.6 Å². The topological polar surface area (TPSA) is 61.7 Å². The smallest absolute Gasteiger partial charge is 0.151 e. The Labute approximate surface area is 193 Å². The molecule has 0 bridgehead atoms. The minimum atomic E-state index is -0.250. The van der Waals surface area contributed by atoms with Crippen molar-refractivity contribution in [3.63, 3.8) is 0 Å². The Morgan fingerprint density at radius 1 is 1.31 bits per heavy atom. The van der Waals surface area contributed by atoms with E-state index in [0.29, 0.717) is 23.3 Å². The van der Waals surface area contributed by atoms with Crippen LogP contribution in [0.2, 0.25) is 5.02 Å². The average Bonchev–Trinajstić information content (AvgIpc) is 3.25. The summed E-state index contributed by atoms with van der Waals surface area (Å²) in [5, 5.41) is 7.31. The monoisotopic (exact) mass is 453 g/mol. The van der Waals surface area contributed by atoms with Crippen LogP contribution in [-0.2, 0) is 6.54 Å². The number of nitrogens with zero attached hydrogens (tertiary/aromatic N) is 3. The molecular formula is C25H29ClFN5. The number of hydrogen-bond acceptors (Lipinski definition) is 4. The van der Waals surface area contributed by atoms with Gasteiger partial charge in [0.1, 0.15) is 11.7 Å². The van der Waals surface area contributed by atoms with Gasteiger partial charge in [0.25, 0.3) is 0 Å². The van der Waals surface area contributed by atoms with Crippen molar-refractivity contribution in [3.8, 4) is 0 Å². The zero-order valence-corrected chi connectivity index (χ0v) is 19.0. The molecule has 1 saturated carbocycles. The minimum Gasteiger partial charge on any atom is -0.363 e. The number of aromatic nitrogens is 1. The molecule has 32 heavy (non-hydrogen) atoms. The van der Waals surface area contributed by atoms with E-state index in [1.165, 1.54) is 31.4 Å². The normalized spacial score (nSPS) is 24.3. The first-order chi connectivity index (χ1) is 15.6. The fraction of sp³-hybridized carbons (Fsp3) is 0.400. The van der Waals surface area contributed by atoms with Crippen molar-refractivity contribution in [2.24, 2.45) is 21.8 Å². The molecule has 0 spiro atoms. The number of halogens is 2. The summed E-state index contributed by atoms with van der Waals surface area (Å²) in [6.45, 7) is 1.48. The SMILES string of the molecule is CNC[C@@H]1CCC(C=Nc2cc(C3CC=CC(=NCc4cccc(F)c4)N3)c(Cl)cn2)C1. The maximum absolute atomic E-state index is 13.4. The Morgan fingerprint density at radius 2 is 2.22 bits per heavy atom. The predicted octanol–water partition coefficient (Wildman–Crippen LogP) is 5.40. The minimum absolute atomic E-state index is 0.0119. The summed E-state index contributed by atoms with van der Waals surface area (Å²) in [6.07, 6.45) is 12.1. The summed E-state index contributed by atoms with van der Waals surface area (Å²) in [5.41, 5.74) is 1.79. The molecule has 7 heteroatoms. The first kappa shape index (κ1) is 22.6. The second-order valence-corrected chi connectivity index (χ2v) is 8.91. The van der Waals surface area contributed by atoms with Gasteiger partial charge in [-0.3, -0.25) is 4.99 Å². The predicted molar refractivity (Wildman–Crippen MR) is 129 cm³/mol. The van der Waals surface area contributed by atoms with Gasteiger partial charge >= 0.3 is 0 Å². The van der Waals surface area contributed by atoms with Crippen molar-refractivity contribution in [1.82, 2.24) is 15.6 Å². The van der Waals surface area contributed by atoms with Crippen molar-refractivity contribution in [3.05, 3.63) is 70.6 Å². The van der Waals surface area contributed by atoms with Gasteiger partial charge in [-0.2, -0.15) is 0 Å². The van der Waals surface area contributed by atoms with Crippen molar-refractivity contribution in [1.29, 1.82) is 0 Å². The standard InChI is InChI=1S/C25H29ClFN5/c1-28-13-18-8-9-19(10-18)15-30-25-12-21(22(26)16-31-25)23-6-3-7-24(32-23)29-14-17-4-2-5-20(27)11-17/h2-5,7,11-12,15-16,18-19,23,28H,6,8-10,13-14H2,1H3,(H,29,32)/t18-,19?,23?/m1/s1. The van der Waals surface area contributed by atoms with E-state index in [2.05, 4.69) is 37.9 Å². The lowest BCUT2D eigenvalue weighted by atomic mass is 10.0. The lowest BCUT2D eigenvalue weighted by molar-refractivity contribution is 0.509. The number of hydrogen-bond donors (Lipinski definition) is 2. The molecule has 2 aromatic rings. The number of rotatable bonds is 7. The van der Waals surface area contributed by atoms with Crippen LogP contribution in [0.3, 0.4) is 0 Å². The van der Waals surface area contributed by atoms with Crippen molar-refractivity contribution >= 4 is 29.5 Å². The molecule has 4 rings (SSSR count). The Kier molecular flexibility index (Phi) is 7.66. The molecule has 0 amide bonds. The number of aliphatic imine (C=N–C) groups is 2. The molecule has 2 N–H and O–H groups in total. The van der Waals surface area contributed by atoms with E-state index in [4.69, 9.17) is 11.6 Å². The third kappa shape index (κ3) is 6.02. The molecule has 0 saturated heterocycles. The summed E-state index contributed by atoms with van der Waals surface area (Å²) in [4.78, 5) is 13.6. The lowest BCUT2D eigenvalue weighted by Gasteiger charge is -2.23. The van der Waals surface area contributed by atoms with Crippen LogP contribution < -0.4 is 10.6 Å². The van der Waals surface area contributed by atoms with Gasteiger partial charge in [0.05, 0.1) is 17.6 Å². The Balaban J connectivity index is 1.42. The molecule has 5 nitrogen and oxygen atoms in total. The van der Waals surface area contributed by atoms with E-state index >= 15 is 0 Å². The molecule has 1 fully saturated rings. The zero-order chi connectivity index (χ0) is 22.3. The molecule has 1 aliphatic heterocycles. The van der Waals surface area contributed by atoms with Crippen LogP contribution >= 0.6 is 11.6 Å². The van der Waals surface area contributed by atoms with Gasteiger partial charge in [-0.15, -0.1) is 0 Å². The van der Waals surface area contributed by atoms with E-state index in [0.717, 1.165) is 35.8 Å². The van der Waals surface area contributed by atoms with Crippen molar-refractivity contribution < 1.29 is 4.39 Å². The lowest BCUT2D eigenvalue weighted by Crippen LogP contribution is -2.30. The van der Waals surface area contributed by atoms with Crippen LogP contribution in [0.25, 0.3) is 0 Å². The van der Waals surface area contributed by atoms with Gasteiger partial charge in [0.15, 0.2) is 5.82 Å². The van der Waals surface area contributed by atoms with Crippen molar-refractivity contribution in [2.75, 3.05) is 13.6 Å². The first-order valence-corrected chi connectivity index (χ1v) is 11.5.